The van der Waals surface area contributed by atoms with Gasteiger partial charge in [-0.1, -0.05) is 20.8 Å². The summed E-state index contributed by atoms with van der Waals surface area (Å²) in [5.41, 5.74) is -1.38. The van der Waals surface area contributed by atoms with Crippen LogP contribution < -0.4 is 5.32 Å². The number of aliphatic carboxylic acids is 1. The molecule has 0 aromatic rings. The maximum Gasteiger partial charge on any atom is 0.408 e. The molecule has 2 amide bonds. The fraction of sp³-hybridized carbons (Fsp3) is 0.812. The van der Waals surface area contributed by atoms with E-state index in [0.717, 1.165) is 4.90 Å². The summed E-state index contributed by atoms with van der Waals surface area (Å²) < 4.78 is 5.19. The van der Waals surface area contributed by atoms with Crippen LogP contribution in [0.1, 0.15) is 48.0 Å². The third-order valence-corrected chi connectivity index (χ3v) is 3.62. The predicted octanol–water partition coefficient (Wildman–Crippen LogP) is 0.972. The summed E-state index contributed by atoms with van der Waals surface area (Å²) in [6, 6.07) is -2.07. The van der Waals surface area contributed by atoms with E-state index in [1.54, 1.807) is 41.5 Å². The summed E-state index contributed by atoms with van der Waals surface area (Å²) in [7, 11) is 0. The van der Waals surface area contributed by atoms with Gasteiger partial charge in [0.1, 0.15) is 17.7 Å². The van der Waals surface area contributed by atoms with Gasteiger partial charge in [0.25, 0.3) is 0 Å². The molecule has 1 aliphatic rings. The number of amides is 2. The van der Waals surface area contributed by atoms with Crippen molar-refractivity contribution in [1.82, 2.24) is 10.2 Å². The van der Waals surface area contributed by atoms with Gasteiger partial charge in [-0.3, -0.25) is 4.79 Å². The number of rotatable bonds is 3. The molecule has 8 heteroatoms. The highest BCUT2D eigenvalue weighted by molar-refractivity contribution is 5.90. The number of carboxylic acid groups (broad SMARTS) is 1. The van der Waals surface area contributed by atoms with Crippen molar-refractivity contribution in [3.63, 3.8) is 0 Å². The Morgan fingerprint density at radius 2 is 1.71 bits per heavy atom. The zero-order chi connectivity index (χ0) is 18.9. The van der Waals surface area contributed by atoms with Gasteiger partial charge in [-0.25, -0.2) is 9.59 Å². The molecule has 0 saturated carbocycles. The maximum atomic E-state index is 12.8. The number of nitrogens with zero attached hydrogens (tertiary/aromatic N) is 1. The van der Waals surface area contributed by atoms with Gasteiger partial charge in [-0.2, -0.15) is 0 Å². The van der Waals surface area contributed by atoms with Gasteiger partial charge in [0.15, 0.2) is 0 Å². The summed E-state index contributed by atoms with van der Waals surface area (Å²) >= 11 is 0. The fourth-order valence-electron chi connectivity index (χ4n) is 2.53. The number of carbonyl (C=O) groups is 3. The Morgan fingerprint density at radius 1 is 1.17 bits per heavy atom. The largest absolute Gasteiger partial charge is 0.480 e. The minimum absolute atomic E-state index is 0.0234. The van der Waals surface area contributed by atoms with E-state index in [0.29, 0.717) is 0 Å². The molecule has 0 radical (unpaired) electrons. The van der Waals surface area contributed by atoms with Crippen LogP contribution >= 0.6 is 0 Å². The molecule has 0 aliphatic carbocycles. The highest BCUT2D eigenvalue weighted by Gasteiger charge is 2.44. The lowest BCUT2D eigenvalue weighted by molar-refractivity contribution is -0.150. The third-order valence-electron chi connectivity index (χ3n) is 3.62. The summed E-state index contributed by atoms with van der Waals surface area (Å²) in [4.78, 5) is 37.3. The van der Waals surface area contributed by atoms with E-state index in [9.17, 15) is 24.6 Å². The Balaban J connectivity index is 2.98. The van der Waals surface area contributed by atoms with E-state index >= 15 is 0 Å². The SMILES string of the molecule is CC(C)(C)OC(=O)N[C@@H](C(=O)N1C[C@H](O)C[C@H]1C(=O)O)C(C)(C)C. The van der Waals surface area contributed by atoms with Gasteiger partial charge in [0.05, 0.1) is 6.10 Å². The van der Waals surface area contributed by atoms with E-state index in [1.165, 1.54) is 0 Å². The van der Waals surface area contributed by atoms with Crippen LogP contribution in [-0.4, -0.2) is 63.4 Å². The Hall–Kier alpha value is -1.83. The van der Waals surface area contributed by atoms with Crippen LogP contribution in [0.2, 0.25) is 0 Å². The molecule has 0 aromatic carbocycles. The lowest BCUT2D eigenvalue weighted by Crippen LogP contribution is -2.57. The number of β-amino-alcohol motifs (C(OH)–C–C–N with tert-alkyl or cyclic N) is 1. The Labute approximate surface area is 142 Å². The van der Waals surface area contributed by atoms with Crippen molar-refractivity contribution in [2.24, 2.45) is 5.41 Å². The van der Waals surface area contributed by atoms with Crippen LogP contribution in [0, 0.1) is 5.41 Å². The monoisotopic (exact) mass is 344 g/mol. The minimum atomic E-state index is -1.18. The molecule has 1 rings (SSSR count). The van der Waals surface area contributed by atoms with Crippen molar-refractivity contribution in [2.45, 2.75) is 71.8 Å². The van der Waals surface area contributed by atoms with Crippen molar-refractivity contribution >= 4 is 18.0 Å². The van der Waals surface area contributed by atoms with E-state index in [2.05, 4.69) is 5.32 Å². The molecule has 1 heterocycles. The van der Waals surface area contributed by atoms with Crippen LogP contribution in [0.5, 0.6) is 0 Å². The fourth-order valence-corrected chi connectivity index (χ4v) is 2.53. The number of alkyl carbamates (subject to hydrolysis) is 1. The molecule has 24 heavy (non-hydrogen) atoms. The molecule has 1 aliphatic heterocycles. The van der Waals surface area contributed by atoms with Crippen molar-refractivity contribution in [3.8, 4) is 0 Å². The number of ether oxygens (including phenoxy) is 1. The van der Waals surface area contributed by atoms with E-state index in [4.69, 9.17) is 4.74 Å². The third kappa shape index (κ3) is 5.36. The standard InChI is InChI=1S/C16H28N2O6/c1-15(2,3)11(17-14(23)24-16(4,5)6)12(20)18-8-9(19)7-10(18)13(21)22/h9-11,19H,7-8H2,1-6H3,(H,17,23)(H,21,22)/t9-,10+,11+/m1/s1. The van der Waals surface area contributed by atoms with Gasteiger partial charge >= 0.3 is 12.1 Å². The van der Waals surface area contributed by atoms with Crippen LogP contribution in [-0.2, 0) is 14.3 Å². The van der Waals surface area contributed by atoms with Gasteiger partial charge in [-0.15, -0.1) is 0 Å². The molecule has 8 nitrogen and oxygen atoms in total. The first-order valence-corrected chi connectivity index (χ1v) is 7.93. The van der Waals surface area contributed by atoms with Gasteiger partial charge in [0.2, 0.25) is 5.91 Å². The number of hydrogen-bond acceptors (Lipinski definition) is 5. The Kier molecular flexibility index (Phi) is 5.86. The average Bonchev–Trinajstić information content (AvgIpc) is 2.74. The molecular weight excluding hydrogens is 316 g/mol. The second-order valence-corrected chi connectivity index (χ2v) is 8.18. The number of aliphatic hydroxyl groups is 1. The lowest BCUT2D eigenvalue weighted by atomic mass is 9.85. The second-order valence-electron chi connectivity index (χ2n) is 8.18. The second kappa shape index (κ2) is 6.96. The zero-order valence-electron chi connectivity index (χ0n) is 15.1. The van der Waals surface area contributed by atoms with Crippen LogP contribution in [0.15, 0.2) is 0 Å². The summed E-state index contributed by atoms with van der Waals surface area (Å²) in [5, 5.41) is 21.5. The topological polar surface area (TPSA) is 116 Å². The molecule has 0 bridgehead atoms. The molecule has 138 valence electrons. The Bertz CT molecular complexity index is 506. The van der Waals surface area contributed by atoms with Crippen molar-refractivity contribution < 1.29 is 29.3 Å². The highest BCUT2D eigenvalue weighted by atomic mass is 16.6. The molecule has 0 unspecified atom stereocenters. The maximum absolute atomic E-state index is 12.8. The van der Waals surface area contributed by atoms with Crippen molar-refractivity contribution in [3.05, 3.63) is 0 Å². The van der Waals surface area contributed by atoms with E-state index in [1.807, 2.05) is 0 Å². The molecule has 1 fully saturated rings. The van der Waals surface area contributed by atoms with E-state index in [-0.39, 0.29) is 13.0 Å². The minimum Gasteiger partial charge on any atom is -0.480 e. The molecular formula is C16H28N2O6. The highest BCUT2D eigenvalue weighted by Crippen LogP contribution is 2.26. The van der Waals surface area contributed by atoms with Crippen molar-refractivity contribution in [2.75, 3.05) is 6.54 Å². The smallest absolute Gasteiger partial charge is 0.408 e. The summed E-state index contributed by atoms with van der Waals surface area (Å²) in [6.45, 7) is 10.3. The van der Waals surface area contributed by atoms with Gasteiger partial charge < -0.3 is 25.2 Å². The molecule has 3 atom stereocenters. The molecule has 0 aromatic heterocycles. The van der Waals surface area contributed by atoms with Crippen LogP contribution in [0.4, 0.5) is 4.79 Å². The number of aliphatic hydroxyl groups excluding tert-OH is 1. The number of carbonyl (C=O) groups excluding carboxylic acids is 2. The number of likely N-dealkylation sites (tertiary alicyclic amines) is 1. The lowest BCUT2D eigenvalue weighted by Gasteiger charge is -2.35. The zero-order valence-corrected chi connectivity index (χ0v) is 15.1. The predicted molar refractivity (Wildman–Crippen MR) is 86.4 cm³/mol. The number of hydrogen-bond donors (Lipinski definition) is 3. The quantitative estimate of drug-likeness (QED) is 0.702. The number of carboxylic acids is 1. The first-order valence-electron chi connectivity index (χ1n) is 7.93. The Morgan fingerprint density at radius 3 is 2.12 bits per heavy atom. The first kappa shape index (κ1) is 20.2. The molecule has 0 spiro atoms. The average molecular weight is 344 g/mol. The summed E-state index contributed by atoms with van der Waals surface area (Å²) in [5.74, 6) is -1.72. The number of nitrogens with one attached hydrogen (secondary N) is 1. The van der Waals surface area contributed by atoms with Gasteiger partial charge in [0, 0.05) is 13.0 Å². The van der Waals surface area contributed by atoms with Crippen molar-refractivity contribution in [1.29, 1.82) is 0 Å². The molecule has 1 saturated heterocycles. The van der Waals surface area contributed by atoms with Crippen LogP contribution in [0.3, 0.4) is 0 Å². The first-order chi connectivity index (χ1) is 10.7. The van der Waals surface area contributed by atoms with Crippen LogP contribution in [0.25, 0.3) is 0 Å². The van der Waals surface area contributed by atoms with Gasteiger partial charge in [-0.05, 0) is 26.2 Å². The summed E-state index contributed by atoms with van der Waals surface area (Å²) in [6.07, 6.45) is -1.66. The van der Waals surface area contributed by atoms with E-state index < -0.39 is 47.2 Å². The normalized spacial score (nSPS) is 22.9. The molecule has 3 N–H and O–H groups in total.